The van der Waals surface area contributed by atoms with Crippen LogP contribution >= 0.6 is 11.6 Å². The van der Waals surface area contributed by atoms with Crippen LogP contribution in [-0.4, -0.2) is 19.0 Å². The zero-order valence-corrected chi connectivity index (χ0v) is 18.5. The van der Waals surface area contributed by atoms with Crippen molar-refractivity contribution in [2.24, 2.45) is 5.92 Å². The van der Waals surface area contributed by atoms with Crippen molar-refractivity contribution in [2.75, 3.05) is 7.11 Å². The van der Waals surface area contributed by atoms with Crippen molar-refractivity contribution in [1.29, 1.82) is 0 Å². The molecule has 1 aliphatic rings. The highest BCUT2D eigenvalue weighted by Crippen LogP contribution is 2.30. The molecule has 8 heteroatoms. The number of carbonyl (C=O) groups excluding carboxylic acids is 2. The molecule has 170 valence electrons. The molecule has 2 aromatic rings. The van der Waals surface area contributed by atoms with Gasteiger partial charge in [-0.2, -0.15) is 5.48 Å². The van der Waals surface area contributed by atoms with Crippen LogP contribution in [0.3, 0.4) is 0 Å². The fraction of sp³-hybridized carbons (Fsp3) is 0.333. The van der Waals surface area contributed by atoms with Crippen molar-refractivity contribution in [3.05, 3.63) is 64.4 Å². The van der Waals surface area contributed by atoms with Gasteiger partial charge >= 0.3 is 5.97 Å². The van der Waals surface area contributed by atoms with Crippen LogP contribution in [0.25, 0.3) is 6.08 Å². The third-order valence-corrected chi connectivity index (χ3v) is 5.57. The van der Waals surface area contributed by atoms with E-state index in [0.29, 0.717) is 27.6 Å². The zero-order valence-electron chi connectivity index (χ0n) is 17.7. The van der Waals surface area contributed by atoms with Gasteiger partial charge < -0.3 is 14.3 Å². The molecule has 0 atom stereocenters. The largest absolute Gasteiger partial charge is 0.493 e. The Labute approximate surface area is 191 Å². The fourth-order valence-corrected chi connectivity index (χ4v) is 3.62. The maximum absolute atomic E-state index is 13.4. The lowest BCUT2D eigenvalue weighted by atomic mass is 9.89. The van der Waals surface area contributed by atoms with Crippen LogP contribution in [0.15, 0.2) is 42.5 Å². The summed E-state index contributed by atoms with van der Waals surface area (Å²) in [5.74, 6) is -0.614. The van der Waals surface area contributed by atoms with Crippen molar-refractivity contribution in [3.63, 3.8) is 0 Å². The van der Waals surface area contributed by atoms with Gasteiger partial charge in [-0.3, -0.25) is 4.79 Å². The van der Waals surface area contributed by atoms with E-state index < -0.39 is 17.7 Å². The summed E-state index contributed by atoms with van der Waals surface area (Å²) in [5, 5.41) is 0.403. The molecule has 0 saturated heterocycles. The van der Waals surface area contributed by atoms with E-state index in [0.717, 1.165) is 32.1 Å². The van der Waals surface area contributed by atoms with Gasteiger partial charge in [0.15, 0.2) is 11.5 Å². The van der Waals surface area contributed by atoms with Gasteiger partial charge in [-0.15, -0.1) is 0 Å². The first-order valence-electron chi connectivity index (χ1n) is 10.4. The minimum absolute atomic E-state index is 0.0664. The Morgan fingerprint density at radius 3 is 2.66 bits per heavy atom. The predicted molar refractivity (Wildman–Crippen MR) is 119 cm³/mol. The molecule has 1 fully saturated rings. The van der Waals surface area contributed by atoms with Gasteiger partial charge in [-0.25, -0.2) is 9.18 Å². The lowest BCUT2D eigenvalue weighted by molar-refractivity contribution is -0.161. The van der Waals surface area contributed by atoms with E-state index in [1.807, 2.05) is 0 Å². The lowest BCUT2D eigenvalue weighted by Crippen LogP contribution is -2.30. The number of methoxy groups -OCH3 is 1. The van der Waals surface area contributed by atoms with E-state index in [4.69, 9.17) is 25.9 Å². The van der Waals surface area contributed by atoms with E-state index in [-0.39, 0.29) is 12.5 Å². The average Bonchev–Trinajstić information content (AvgIpc) is 2.82. The quantitative estimate of drug-likeness (QED) is 0.451. The minimum Gasteiger partial charge on any atom is -0.493 e. The molecule has 1 N–H and O–H groups in total. The molecule has 0 heterocycles. The van der Waals surface area contributed by atoms with E-state index in [9.17, 15) is 14.0 Å². The summed E-state index contributed by atoms with van der Waals surface area (Å²) in [7, 11) is 1.49. The Hall–Kier alpha value is -3.06. The van der Waals surface area contributed by atoms with Gasteiger partial charge in [0.25, 0.3) is 5.91 Å². The van der Waals surface area contributed by atoms with Gasteiger partial charge in [0.05, 0.1) is 13.0 Å². The summed E-state index contributed by atoms with van der Waals surface area (Å²) in [5.41, 5.74) is 3.35. The molecule has 0 radical (unpaired) electrons. The van der Waals surface area contributed by atoms with Crippen LogP contribution in [0.2, 0.25) is 5.02 Å². The Kier molecular flexibility index (Phi) is 8.50. The predicted octanol–water partition coefficient (Wildman–Crippen LogP) is 5.23. The highest BCUT2D eigenvalue weighted by atomic mass is 35.5. The van der Waals surface area contributed by atoms with Crippen molar-refractivity contribution < 1.29 is 28.3 Å². The summed E-state index contributed by atoms with van der Waals surface area (Å²) in [6.07, 6.45) is 7.55. The normalized spacial score (nSPS) is 14.2. The number of carbonyl (C=O) groups is 2. The van der Waals surface area contributed by atoms with Crippen molar-refractivity contribution in [1.82, 2.24) is 5.48 Å². The summed E-state index contributed by atoms with van der Waals surface area (Å²) < 4.78 is 24.5. The Bertz CT molecular complexity index is 988. The standard InChI is InChI=1S/C24H25ClFNO5/c1-30-22-13-16(7-11-21(22)31-15-18-14-19(26)9-10-20(18)25)8-12-23(28)27-32-24(29)17-5-3-2-4-6-17/h7-14,17H,2-6,15H2,1H3,(H,27,28). The number of hydrogen-bond acceptors (Lipinski definition) is 5. The van der Waals surface area contributed by atoms with Gasteiger partial charge in [0.1, 0.15) is 12.4 Å². The van der Waals surface area contributed by atoms with E-state index in [2.05, 4.69) is 5.48 Å². The van der Waals surface area contributed by atoms with Gasteiger partial charge in [0, 0.05) is 16.7 Å². The topological polar surface area (TPSA) is 73.9 Å². The fourth-order valence-electron chi connectivity index (χ4n) is 3.44. The number of nitrogens with one attached hydrogen (secondary N) is 1. The molecule has 0 unspecified atom stereocenters. The summed E-state index contributed by atoms with van der Waals surface area (Å²) in [6.45, 7) is 0.0664. The molecule has 3 rings (SSSR count). The van der Waals surface area contributed by atoms with Gasteiger partial charge in [-0.1, -0.05) is 36.9 Å². The number of hydrogen-bond donors (Lipinski definition) is 1. The molecule has 1 aliphatic carbocycles. The second kappa shape index (κ2) is 11.5. The van der Waals surface area contributed by atoms with Crippen LogP contribution in [0.4, 0.5) is 4.39 Å². The molecule has 1 amide bonds. The number of halogens is 2. The number of benzene rings is 2. The second-order valence-corrected chi connectivity index (χ2v) is 7.90. The van der Waals surface area contributed by atoms with E-state index in [1.54, 1.807) is 24.3 Å². The van der Waals surface area contributed by atoms with Gasteiger partial charge in [0.2, 0.25) is 0 Å². The molecule has 32 heavy (non-hydrogen) atoms. The molecule has 2 aromatic carbocycles. The maximum atomic E-state index is 13.4. The number of rotatable bonds is 7. The van der Waals surface area contributed by atoms with E-state index >= 15 is 0 Å². The van der Waals surface area contributed by atoms with Crippen molar-refractivity contribution >= 4 is 29.6 Å². The summed E-state index contributed by atoms with van der Waals surface area (Å²) >= 11 is 6.07. The monoisotopic (exact) mass is 461 g/mol. The highest BCUT2D eigenvalue weighted by Gasteiger charge is 2.23. The Morgan fingerprint density at radius 2 is 1.91 bits per heavy atom. The van der Waals surface area contributed by atoms with Crippen molar-refractivity contribution in [3.8, 4) is 11.5 Å². The molecule has 0 aromatic heterocycles. The van der Waals surface area contributed by atoms with E-state index in [1.165, 1.54) is 31.4 Å². The van der Waals surface area contributed by atoms with Crippen molar-refractivity contribution in [2.45, 2.75) is 38.7 Å². The molecule has 0 spiro atoms. The minimum atomic E-state index is -0.547. The van der Waals surface area contributed by atoms with Gasteiger partial charge in [-0.05, 0) is 54.8 Å². The van der Waals surface area contributed by atoms with Crippen LogP contribution < -0.4 is 15.0 Å². The van der Waals surface area contributed by atoms with Crippen LogP contribution in [0.5, 0.6) is 11.5 Å². The first kappa shape index (κ1) is 23.6. The van der Waals surface area contributed by atoms with Crippen LogP contribution in [0, 0.1) is 11.7 Å². The maximum Gasteiger partial charge on any atom is 0.335 e. The van der Waals surface area contributed by atoms with Crippen LogP contribution in [-0.2, 0) is 21.0 Å². The lowest BCUT2D eigenvalue weighted by Gasteiger charge is -2.19. The zero-order chi connectivity index (χ0) is 22.9. The van der Waals surface area contributed by atoms with Crippen LogP contribution in [0.1, 0.15) is 43.2 Å². The third-order valence-electron chi connectivity index (χ3n) is 5.20. The average molecular weight is 462 g/mol. The third kappa shape index (κ3) is 6.72. The second-order valence-electron chi connectivity index (χ2n) is 7.49. The molecule has 1 saturated carbocycles. The first-order valence-corrected chi connectivity index (χ1v) is 10.8. The molecule has 6 nitrogen and oxygen atoms in total. The number of ether oxygens (including phenoxy) is 2. The highest BCUT2D eigenvalue weighted by molar-refractivity contribution is 6.31. The Balaban J connectivity index is 1.55. The summed E-state index contributed by atoms with van der Waals surface area (Å²) in [6, 6.07) is 9.14. The molecular formula is C24H25ClFNO5. The smallest absolute Gasteiger partial charge is 0.335 e. The molecule has 0 bridgehead atoms. The molecule has 0 aliphatic heterocycles. The number of amides is 1. The Morgan fingerprint density at radius 1 is 1.12 bits per heavy atom. The SMILES string of the molecule is COc1cc(C=CC(=O)NOC(=O)C2CCCCC2)ccc1OCc1cc(F)ccc1Cl. The first-order chi connectivity index (χ1) is 15.5. The summed E-state index contributed by atoms with van der Waals surface area (Å²) in [4.78, 5) is 28.9. The number of hydroxylamine groups is 1. The molecular weight excluding hydrogens is 437 g/mol.